The van der Waals surface area contributed by atoms with Crippen LogP contribution in [0.2, 0.25) is 0 Å². The van der Waals surface area contributed by atoms with E-state index in [-0.39, 0.29) is 31.1 Å². The van der Waals surface area contributed by atoms with E-state index < -0.39 is 6.10 Å². The molecule has 0 N–H and O–H groups in total. The quantitative estimate of drug-likeness (QED) is 0.0345. The van der Waals surface area contributed by atoms with Crippen molar-refractivity contribution in [3.63, 3.8) is 0 Å². The largest absolute Gasteiger partial charge is 0.462 e. The van der Waals surface area contributed by atoms with Crippen LogP contribution in [0.5, 0.6) is 0 Å². The summed E-state index contributed by atoms with van der Waals surface area (Å²) in [5, 5.41) is 0. The number of hydrogen-bond acceptors (Lipinski definition) is 6. The average molecular weight is 849 g/mol. The third-order valence-corrected chi connectivity index (χ3v) is 12.7. The standard InChI is InChI=1S/C54H104O6/c1-5-8-10-12-14-15-16-23-27-30-34-38-42-46-53(56)59-49-51(48-58-52(55)45-41-37-32-13-11-9-6-2)60-54(57)47-43-39-35-31-28-25-22-20-18-17-19-21-24-26-29-33-36-40-44-50(4)7-3/h50-51H,5-49H2,1-4H3/t50?,51-/m0/s1. The zero-order chi connectivity index (χ0) is 43.8. The highest BCUT2D eigenvalue weighted by Crippen LogP contribution is 2.18. The molecule has 0 radical (unpaired) electrons. The van der Waals surface area contributed by atoms with Crippen LogP contribution < -0.4 is 0 Å². The SMILES string of the molecule is CCCCCCCCCCCCCCCC(=O)OC[C@H](COC(=O)CCCCCCCCC)OC(=O)CCCCCCCCCCCCCCCCCCCCC(C)CC. The molecule has 0 bridgehead atoms. The first-order chi connectivity index (χ1) is 29.4. The van der Waals surface area contributed by atoms with Crippen molar-refractivity contribution in [2.24, 2.45) is 5.92 Å². The van der Waals surface area contributed by atoms with Gasteiger partial charge in [-0.15, -0.1) is 0 Å². The summed E-state index contributed by atoms with van der Waals surface area (Å²) < 4.78 is 16.8. The Hall–Kier alpha value is -1.59. The fraction of sp³-hybridized carbons (Fsp3) is 0.944. The van der Waals surface area contributed by atoms with Gasteiger partial charge in [0.1, 0.15) is 13.2 Å². The lowest BCUT2D eigenvalue weighted by Crippen LogP contribution is -2.30. The molecule has 0 amide bonds. The van der Waals surface area contributed by atoms with Gasteiger partial charge < -0.3 is 14.2 Å². The summed E-state index contributed by atoms with van der Waals surface area (Å²) in [6, 6.07) is 0. The molecule has 0 aromatic carbocycles. The fourth-order valence-corrected chi connectivity index (χ4v) is 8.19. The van der Waals surface area contributed by atoms with Crippen LogP contribution in [0.3, 0.4) is 0 Å². The van der Waals surface area contributed by atoms with Crippen LogP contribution in [-0.4, -0.2) is 37.2 Å². The summed E-state index contributed by atoms with van der Waals surface area (Å²) in [5.41, 5.74) is 0. The second-order valence-corrected chi connectivity index (χ2v) is 18.8. The van der Waals surface area contributed by atoms with Crippen molar-refractivity contribution in [2.75, 3.05) is 13.2 Å². The van der Waals surface area contributed by atoms with Crippen LogP contribution in [-0.2, 0) is 28.6 Å². The Morgan fingerprint density at radius 3 is 0.867 bits per heavy atom. The Morgan fingerprint density at radius 1 is 0.333 bits per heavy atom. The molecule has 356 valence electrons. The number of carbonyl (C=O) groups excluding carboxylic acids is 3. The van der Waals surface area contributed by atoms with E-state index in [2.05, 4.69) is 27.7 Å². The Bertz CT molecular complexity index is 905. The number of hydrogen-bond donors (Lipinski definition) is 0. The van der Waals surface area contributed by atoms with Gasteiger partial charge in [-0.3, -0.25) is 14.4 Å². The van der Waals surface area contributed by atoms with Crippen LogP contribution in [0.1, 0.15) is 304 Å². The molecule has 60 heavy (non-hydrogen) atoms. The first-order valence-electron chi connectivity index (χ1n) is 26.9. The van der Waals surface area contributed by atoms with Gasteiger partial charge in [-0.25, -0.2) is 0 Å². The van der Waals surface area contributed by atoms with Gasteiger partial charge in [0.05, 0.1) is 0 Å². The maximum Gasteiger partial charge on any atom is 0.306 e. The lowest BCUT2D eigenvalue weighted by molar-refractivity contribution is -0.167. The molecule has 0 saturated heterocycles. The normalized spacial score (nSPS) is 12.4. The monoisotopic (exact) mass is 849 g/mol. The van der Waals surface area contributed by atoms with Gasteiger partial charge in [0.15, 0.2) is 6.10 Å². The summed E-state index contributed by atoms with van der Waals surface area (Å²) in [6.45, 7) is 9.04. The minimum atomic E-state index is -0.759. The molecule has 0 rings (SSSR count). The van der Waals surface area contributed by atoms with Crippen LogP contribution in [0.25, 0.3) is 0 Å². The van der Waals surface area contributed by atoms with Crippen molar-refractivity contribution in [1.82, 2.24) is 0 Å². The first kappa shape index (κ1) is 58.4. The van der Waals surface area contributed by atoms with Crippen LogP contribution in [0, 0.1) is 5.92 Å². The van der Waals surface area contributed by atoms with Crippen LogP contribution in [0.4, 0.5) is 0 Å². The molecule has 0 spiro atoms. The number of esters is 3. The Morgan fingerprint density at radius 2 is 0.583 bits per heavy atom. The van der Waals surface area contributed by atoms with Gasteiger partial charge in [0.2, 0.25) is 0 Å². The van der Waals surface area contributed by atoms with E-state index in [1.807, 2.05) is 0 Å². The van der Waals surface area contributed by atoms with Gasteiger partial charge in [0, 0.05) is 19.3 Å². The minimum Gasteiger partial charge on any atom is -0.462 e. The fourth-order valence-electron chi connectivity index (χ4n) is 8.19. The number of unbranched alkanes of at least 4 members (excludes halogenated alkanes) is 35. The van der Waals surface area contributed by atoms with Crippen molar-refractivity contribution in [2.45, 2.75) is 310 Å². The molecule has 0 saturated carbocycles. The topological polar surface area (TPSA) is 78.9 Å². The average Bonchev–Trinajstić information content (AvgIpc) is 3.25. The number of carbonyl (C=O) groups is 3. The van der Waals surface area contributed by atoms with Gasteiger partial charge in [-0.2, -0.15) is 0 Å². The predicted octanol–water partition coefficient (Wildman–Crippen LogP) is 17.5. The van der Waals surface area contributed by atoms with E-state index >= 15 is 0 Å². The molecule has 0 aromatic heterocycles. The smallest absolute Gasteiger partial charge is 0.306 e. The maximum absolute atomic E-state index is 12.8. The van der Waals surface area contributed by atoms with E-state index in [1.54, 1.807) is 0 Å². The molecule has 1 unspecified atom stereocenters. The third-order valence-electron chi connectivity index (χ3n) is 12.7. The van der Waals surface area contributed by atoms with Gasteiger partial charge in [-0.1, -0.05) is 265 Å². The lowest BCUT2D eigenvalue weighted by Gasteiger charge is -2.18. The summed E-state index contributed by atoms with van der Waals surface area (Å²) in [4.78, 5) is 37.8. The molecule has 6 heteroatoms. The van der Waals surface area contributed by atoms with Crippen LogP contribution >= 0.6 is 0 Å². The zero-order valence-corrected chi connectivity index (χ0v) is 40.9. The molecule has 0 heterocycles. The van der Waals surface area contributed by atoms with Crippen LogP contribution in [0.15, 0.2) is 0 Å². The molecular formula is C54H104O6. The maximum atomic E-state index is 12.8. The third kappa shape index (κ3) is 45.9. The molecule has 6 nitrogen and oxygen atoms in total. The van der Waals surface area contributed by atoms with Gasteiger partial charge in [-0.05, 0) is 25.2 Å². The van der Waals surface area contributed by atoms with E-state index in [0.29, 0.717) is 19.3 Å². The molecule has 0 aliphatic rings. The highest BCUT2D eigenvalue weighted by atomic mass is 16.6. The van der Waals surface area contributed by atoms with E-state index in [1.165, 1.54) is 199 Å². The number of rotatable bonds is 49. The van der Waals surface area contributed by atoms with Gasteiger partial charge in [0.25, 0.3) is 0 Å². The number of ether oxygens (including phenoxy) is 3. The Kier molecular flexibility index (Phi) is 47.2. The molecular weight excluding hydrogens is 745 g/mol. The summed E-state index contributed by atoms with van der Waals surface area (Å²) in [7, 11) is 0. The summed E-state index contributed by atoms with van der Waals surface area (Å²) in [6.07, 6.45) is 51.0. The van der Waals surface area contributed by atoms with Crippen molar-refractivity contribution >= 4 is 17.9 Å². The van der Waals surface area contributed by atoms with Crippen molar-refractivity contribution in [3.8, 4) is 0 Å². The molecule has 2 atom stereocenters. The highest BCUT2D eigenvalue weighted by molar-refractivity contribution is 5.71. The van der Waals surface area contributed by atoms with E-state index in [9.17, 15) is 14.4 Å². The van der Waals surface area contributed by atoms with Crippen molar-refractivity contribution < 1.29 is 28.6 Å². The summed E-state index contributed by atoms with van der Waals surface area (Å²) >= 11 is 0. The summed E-state index contributed by atoms with van der Waals surface area (Å²) in [5.74, 6) is 0.0599. The Balaban J connectivity index is 4.13. The molecule has 0 fully saturated rings. The minimum absolute atomic E-state index is 0.0629. The van der Waals surface area contributed by atoms with Crippen molar-refractivity contribution in [1.29, 1.82) is 0 Å². The highest BCUT2D eigenvalue weighted by Gasteiger charge is 2.19. The van der Waals surface area contributed by atoms with Gasteiger partial charge >= 0.3 is 17.9 Å². The second kappa shape index (κ2) is 48.4. The first-order valence-corrected chi connectivity index (χ1v) is 26.9. The lowest BCUT2D eigenvalue weighted by atomic mass is 9.99. The van der Waals surface area contributed by atoms with E-state index in [0.717, 1.165) is 63.7 Å². The molecule has 0 aliphatic carbocycles. The zero-order valence-electron chi connectivity index (χ0n) is 40.9. The molecule has 0 aliphatic heterocycles. The Labute approximate surface area is 374 Å². The predicted molar refractivity (Wildman–Crippen MR) is 257 cm³/mol. The molecule has 0 aromatic rings. The van der Waals surface area contributed by atoms with Crippen molar-refractivity contribution in [3.05, 3.63) is 0 Å². The van der Waals surface area contributed by atoms with E-state index in [4.69, 9.17) is 14.2 Å². The second-order valence-electron chi connectivity index (χ2n) is 18.8.